The molecule has 0 heterocycles. The third kappa shape index (κ3) is 3.88. The zero-order valence-corrected chi connectivity index (χ0v) is 5.59. The Kier molecular flexibility index (Phi) is 4.67. The topological polar surface area (TPSA) is 20.2 Å². The highest BCUT2D eigenvalue weighted by atomic mass is 16.2. The molecule has 0 aliphatic heterocycles. The van der Waals surface area contributed by atoms with Gasteiger partial charge in [0.05, 0.1) is 6.61 Å². The molecule has 0 rings (SSSR count). The molecule has 1 N–H and O–H groups in total. The van der Waals surface area contributed by atoms with E-state index in [0.29, 0.717) is 5.92 Å². The quantitative estimate of drug-likeness (QED) is 0.552. The van der Waals surface area contributed by atoms with Gasteiger partial charge < -0.3 is 5.11 Å². The fraction of sp³-hybridized carbons (Fsp3) is 0.714. The fourth-order valence-corrected chi connectivity index (χ4v) is 0.429. The third-order valence-corrected chi connectivity index (χ3v) is 1.21. The van der Waals surface area contributed by atoms with Gasteiger partial charge >= 0.3 is 0 Å². The molecule has 0 saturated heterocycles. The van der Waals surface area contributed by atoms with Crippen LogP contribution in [0.25, 0.3) is 0 Å². The smallest absolute Gasteiger partial charge is 0.0612 e. The predicted octanol–water partition coefficient (Wildman–Crippen LogP) is 1.58. The average molecular weight is 114 g/mol. The number of hydrogen-bond acceptors (Lipinski definition) is 1. The van der Waals surface area contributed by atoms with Crippen LogP contribution in [0.1, 0.15) is 20.3 Å². The van der Waals surface area contributed by atoms with Crippen molar-refractivity contribution < 1.29 is 5.11 Å². The Morgan fingerprint density at radius 2 is 2.25 bits per heavy atom. The molecule has 8 heavy (non-hydrogen) atoms. The van der Waals surface area contributed by atoms with Gasteiger partial charge in [-0.1, -0.05) is 32.4 Å². The van der Waals surface area contributed by atoms with Crippen molar-refractivity contribution in [3.05, 3.63) is 12.2 Å². The van der Waals surface area contributed by atoms with Gasteiger partial charge in [-0.05, 0) is 5.92 Å². The van der Waals surface area contributed by atoms with Gasteiger partial charge in [0.15, 0.2) is 0 Å². The van der Waals surface area contributed by atoms with E-state index < -0.39 is 0 Å². The maximum Gasteiger partial charge on any atom is 0.0612 e. The molecule has 1 nitrogen and oxygen atoms in total. The van der Waals surface area contributed by atoms with Crippen LogP contribution in [0.2, 0.25) is 0 Å². The minimum Gasteiger partial charge on any atom is -0.392 e. The van der Waals surface area contributed by atoms with Crippen LogP contribution >= 0.6 is 0 Å². The summed E-state index contributed by atoms with van der Waals surface area (Å²) in [5, 5.41) is 8.32. The van der Waals surface area contributed by atoms with Crippen molar-refractivity contribution in [3.63, 3.8) is 0 Å². The zero-order valence-electron chi connectivity index (χ0n) is 5.59. The van der Waals surface area contributed by atoms with Crippen molar-refractivity contribution in [1.82, 2.24) is 0 Å². The lowest BCUT2D eigenvalue weighted by atomic mass is 10.1. The van der Waals surface area contributed by atoms with Crippen LogP contribution < -0.4 is 0 Å². The Labute approximate surface area is 51.0 Å². The number of aliphatic hydroxyl groups excluding tert-OH is 1. The molecule has 0 aliphatic carbocycles. The molecule has 0 spiro atoms. The Bertz CT molecular complexity index is 66.8. The molecule has 0 aliphatic rings. The highest BCUT2D eigenvalue weighted by Crippen LogP contribution is 2.00. The summed E-state index contributed by atoms with van der Waals surface area (Å²) in [5.74, 6) is 0.613. The molecule has 1 heteroatoms. The first-order chi connectivity index (χ1) is 3.81. The summed E-state index contributed by atoms with van der Waals surface area (Å²) in [6.07, 6.45) is 4.96. The molecule has 0 saturated carbocycles. The Morgan fingerprint density at radius 3 is 2.62 bits per heavy atom. The summed E-state index contributed by atoms with van der Waals surface area (Å²) in [5.41, 5.74) is 0. The number of rotatable bonds is 3. The normalized spacial score (nSPS) is 14.9. The first-order valence-electron chi connectivity index (χ1n) is 3.08. The van der Waals surface area contributed by atoms with Crippen molar-refractivity contribution in [2.75, 3.05) is 6.61 Å². The van der Waals surface area contributed by atoms with E-state index in [-0.39, 0.29) is 6.61 Å². The Hall–Kier alpha value is -0.300. The molecule has 1 atom stereocenters. The summed E-state index contributed by atoms with van der Waals surface area (Å²) < 4.78 is 0. The summed E-state index contributed by atoms with van der Waals surface area (Å²) >= 11 is 0. The maximum absolute atomic E-state index is 8.32. The number of hydrogen-bond donors (Lipinski definition) is 1. The summed E-state index contributed by atoms with van der Waals surface area (Å²) in [6.45, 7) is 4.43. The fourth-order valence-electron chi connectivity index (χ4n) is 0.429. The van der Waals surface area contributed by atoms with Crippen LogP contribution in [-0.2, 0) is 0 Å². The van der Waals surface area contributed by atoms with Gasteiger partial charge in [0, 0.05) is 0 Å². The van der Waals surface area contributed by atoms with E-state index in [2.05, 4.69) is 13.8 Å². The van der Waals surface area contributed by atoms with Gasteiger partial charge in [0.1, 0.15) is 0 Å². The number of allylic oxidation sites excluding steroid dienone is 1. The SMILES string of the molecule is CC[C@H](C)C=CCO. The lowest BCUT2D eigenvalue weighted by Crippen LogP contribution is -1.84. The standard InChI is InChI=1S/C7H14O/c1-3-7(2)5-4-6-8/h4-5,7-8H,3,6H2,1-2H3/t7-/m0/s1. The van der Waals surface area contributed by atoms with E-state index in [0.717, 1.165) is 6.42 Å². The van der Waals surface area contributed by atoms with Crippen LogP contribution in [0.3, 0.4) is 0 Å². The second-order valence-electron chi connectivity index (χ2n) is 2.00. The molecule has 48 valence electrons. The van der Waals surface area contributed by atoms with Crippen LogP contribution in [0.5, 0.6) is 0 Å². The lowest BCUT2D eigenvalue weighted by molar-refractivity contribution is 0.341. The second kappa shape index (κ2) is 4.85. The highest BCUT2D eigenvalue weighted by Gasteiger charge is 1.87. The summed E-state index contributed by atoms with van der Waals surface area (Å²) in [6, 6.07) is 0. The van der Waals surface area contributed by atoms with Gasteiger partial charge in [-0.2, -0.15) is 0 Å². The largest absolute Gasteiger partial charge is 0.392 e. The molecular weight excluding hydrogens is 100 g/mol. The van der Waals surface area contributed by atoms with Crippen molar-refractivity contribution in [2.45, 2.75) is 20.3 Å². The average Bonchev–Trinajstić information content (AvgIpc) is 1.83. The van der Waals surface area contributed by atoms with E-state index in [1.165, 1.54) is 0 Å². The minimum absolute atomic E-state index is 0.171. The van der Waals surface area contributed by atoms with Crippen LogP contribution in [0, 0.1) is 5.92 Å². The number of aliphatic hydroxyl groups is 1. The maximum atomic E-state index is 8.32. The van der Waals surface area contributed by atoms with Gasteiger partial charge in [-0.3, -0.25) is 0 Å². The van der Waals surface area contributed by atoms with Crippen LogP contribution in [0.4, 0.5) is 0 Å². The molecule has 0 amide bonds. The Morgan fingerprint density at radius 1 is 1.62 bits per heavy atom. The van der Waals surface area contributed by atoms with E-state index in [4.69, 9.17) is 5.11 Å². The van der Waals surface area contributed by atoms with Crippen molar-refractivity contribution in [2.24, 2.45) is 5.92 Å². The molecule has 0 bridgehead atoms. The predicted molar refractivity (Wildman–Crippen MR) is 35.7 cm³/mol. The van der Waals surface area contributed by atoms with E-state index >= 15 is 0 Å². The molecule has 0 aromatic carbocycles. The van der Waals surface area contributed by atoms with E-state index in [9.17, 15) is 0 Å². The first-order valence-corrected chi connectivity index (χ1v) is 3.08. The molecule has 0 unspecified atom stereocenters. The van der Waals surface area contributed by atoms with Crippen LogP contribution in [0.15, 0.2) is 12.2 Å². The summed E-state index contributed by atoms with van der Waals surface area (Å²) in [4.78, 5) is 0. The molecule has 0 aromatic rings. The first kappa shape index (κ1) is 7.70. The molecule has 0 aromatic heterocycles. The van der Waals surface area contributed by atoms with Gasteiger partial charge in [0.2, 0.25) is 0 Å². The van der Waals surface area contributed by atoms with Gasteiger partial charge in [0.25, 0.3) is 0 Å². The lowest BCUT2D eigenvalue weighted by Gasteiger charge is -1.96. The van der Waals surface area contributed by atoms with E-state index in [1.807, 2.05) is 6.08 Å². The van der Waals surface area contributed by atoms with Crippen molar-refractivity contribution in [3.8, 4) is 0 Å². The third-order valence-electron chi connectivity index (χ3n) is 1.21. The molecule has 0 fully saturated rings. The zero-order chi connectivity index (χ0) is 6.41. The highest BCUT2D eigenvalue weighted by molar-refractivity contribution is 4.84. The van der Waals surface area contributed by atoms with E-state index in [1.54, 1.807) is 6.08 Å². The minimum atomic E-state index is 0.171. The molecular formula is C7H14O. The van der Waals surface area contributed by atoms with Gasteiger partial charge in [-0.15, -0.1) is 0 Å². The Balaban J connectivity index is 3.21. The summed E-state index contributed by atoms with van der Waals surface area (Å²) in [7, 11) is 0. The second-order valence-corrected chi connectivity index (χ2v) is 2.00. The van der Waals surface area contributed by atoms with Crippen molar-refractivity contribution in [1.29, 1.82) is 0 Å². The van der Waals surface area contributed by atoms with Crippen LogP contribution in [-0.4, -0.2) is 11.7 Å². The van der Waals surface area contributed by atoms with Crippen molar-refractivity contribution >= 4 is 0 Å². The molecule has 0 radical (unpaired) electrons. The monoisotopic (exact) mass is 114 g/mol. The van der Waals surface area contributed by atoms with Gasteiger partial charge in [-0.25, -0.2) is 0 Å².